The Hall–Kier alpha value is -1.64. The van der Waals surface area contributed by atoms with Gasteiger partial charge in [0.15, 0.2) is 0 Å². The van der Waals surface area contributed by atoms with Gasteiger partial charge in [-0.3, -0.25) is 4.79 Å². The number of hydrogen-bond donors (Lipinski definition) is 0. The first-order chi connectivity index (χ1) is 13.9. The molecule has 0 bridgehead atoms. The third-order valence-corrected chi connectivity index (χ3v) is 7.06. The van der Waals surface area contributed by atoms with E-state index in [4.69, 9.17) is 4.74 Å². The second-order valence-corrected chi connectivity index (χ2v) is 9.92. The summed E-state index contributed by atoms with van der Waals surface area (Å²) in [5, 5.41) is 0. The van der Waals surface area contributed by atoms with Gasteiger partial charge in [0, 0.05) is 26.2 Å². The van der Waals surface area contributed by atoms with Gasteiger partial charge < -0.3 is 14.5 Å². The maximum absolute atomic E-state index is 12.5. The van der Waals surface area contributed by atoms with Crippen molar-refractivity contribution in [2.75, 3.05) is 52.1 Å². The zero-order valence-electron chi connectivity index (χ0n) is 17.5. The maximum Gasteiger partial charge on any atom is 0.227 e. The molecule has 3 rings (SSSR count). The van der Waals surface area contributed by atoms with Crippen LogP contribution in [0.2, 0.25) is 0 Å². The van der Waals surface area contributed by atoms with Crippen LogP contribution in [0.1, 0.15) is 31.7 Å². The molecular weight excluding hydrogens is 390 g/mol. The highest BCUT2D eigenvalue weighted by Gasteiger charge is 2.38. The van der Waals surface area contributed by atoms with Crippen molar-refractivity contribution in [2.45, 2.75) is 38.6 Å². The minimum absolute atomic E-state index is 0.0369. The van der Waals surface area contributed by atoms with Gasteiger partial charge in [-0.25, -0.2) is 8.42 Å². The Morgan fingerprint density at radius 1 is 1.14 bits per heavy atom. The average molecular weight is 424 g/mol. The van der Waals surface area contributed by atoms with Gasteiger partial charge in [-0.2, -0.15) is 4.31 Å². The lowest BCUT2D eigenvalue weighted by molar-refractivity contribution is -0.136. The summed E-state index contributed by atoms with van der Waals surface area (Å²) in [4.78, 5) is 16.6. The standard InChI is InChI=1S/C21H33N3O4S/c1-3-28-20-9-7-18(8-10-20)15-21(25)23-16-19(17-23)24(29(2,26)27)14-13-22-11-5-4-6-12-22/h7-10,19H,3-6,11-17H2,1-2H3. The summed E-state index contributed by atoms with van der Waals surface area (Å²) in [7, 11) is -3.29. The van der Waals surface area contributed by atoms with Gasteiger partial charge in [0.1, 0.15) is 5.75 Å². The Morgan fingerprint density at radius 3 is 2.38 bits per heavy atom. The predicted octanol–water partition coefficient (Wildman–Crippen LogP) is 1.59. The number of benzene rings is 1. The first-order valence-electron chi connectivity index (χ1n) is 10.6. The fourth-order valence-electron chi connectivity index (χ4n) is 4.04. The van der Waals surface area contributed by atoms with Gasteiger partial charge in [-0.15, -0.1) is 0 Å². The van der Waals surface area contributed by atoms with E-state index in [0.29, 0.717) is 32.7 Å². The molecule has 1 aromatic rings. The Kier molecular flexibility index (Phi) is 7.54. The van der Waals surface area contributed by atoms with Crippen LogP contribution in [0, 0.1) is 0 Å². The van der Waals surface area contributed by atoms with Crippen LogP contribution in [0.15, 0.2) is 24.3 Å². The third kappa shape index (κ3) is 6.17. The molecular formula is C21H33N3O4S. The van der Waals surface area contributed by atoms with Crippen molar-refractivity contribution < 1.29 is 17.9 Å². The molecule has 0 N–H and O–H groups in total. The number of ether oxygens (including phenoxy) is 1. The smallest absolute Gasteiger partial charge is 0.227 e. The summed E-state index contributed by atoms with van der Waals surface area (Å²) in [5.41, 5.74) is 0.937. The van der Waals surface area contributed by atoms with Crippen LogP contribution in [-0.2, 0) is 21.2 Å². The molecule has 2 saturated heterocycles. The fourth-order valence-corrected chi connectivity index (χ4v) is 5.13. The number of nitrogens with zero attached hydrogens (tertiary/aromatic N) is 3. The summed E-state index contributed by atoms with van der Waals surface area (Å²) in [5.74, 6) is 0.833. The van der Waals surface area contributed by atoms with E-state index in [1.807, 2.05) is 31.2 Å². The summed E-state index contributed by atoms with van der Waals surface area (Å²) in [6, 6.07) is 7.44. The quantitative estimate of drug-likeness (QED) is 0.603. The first-order valence-corrected chi connectivity index (χ1v) is 12.4. The largest absolute Gasteiger partial charge is 0.494 e. The van der Waals surface area contributed by atoms with E-state index in [0.717, 1.165) is 30.9 Å². The normalized spacial score (nSPS) is 18.7. The fraction of sp³-hybridized carbons (Fsp3) is 0.667. The van der Waals surface area contributed by atoms with E-state index in [2.05, 4.69) is 4.90 Å². The molecule has 0 radical (unpaired) electrons. The number of sulfonamides is 1. The van der Waals surface area contributed by atoms with E-state index < -0.39 is 10.0 Å². The van der Waals surface area contributed by atoms with Crippen molar-refractivity contribution in [2.24, 2.45) is 0 Å². The molecule has 0 unspecified atom stereocenters. The van der Waals surface area contributed by atoms with Crippen molar-refractivity contribution in [3.63, 3.8) is 0 Å². The van der Waals surface area contributed by atoms with Crippen LogP contribution in [0.5, 0.6) is 5.75 Å². The van der Waals surface area contributed by atoms with Gasteiger partial charge in [0.2, 0.25) is 15.9 Å². The zero-order valence-corrected chi connectivity index (χ0v) is 18.4. The van der Waals surface area contributed by atoms with Crippen molar-refractivity contribution in [3.8, 4) is 5.75 Å². The molecule has 2 heterocycles. The minimum atomic E-state index is -3.29. The molecule has 162 valence electrons. The van der Waals surface area contributed by atoms with Gasteiger partial charge in [0.25, 0.3) is 0 Å². The molecule has 8 heteroatoms. The van der Waals surface area contributed by atoms with Crippen molar-refractivity contribution in [3.05, 3.63) is 29.8 Å². The summed E-state index contributed by atoms with van der Waals surface area (Å²) >= 11 is 0. The van der Waals surface area contributed by atoms with E-state index in [9.17, 15) is 13.2 Å². The summed E-state index contributed by atoms with van der Waals surface area (Å²) in [6.07, 6.45) is 5.24. The molecule has 0 aliphatic carbocycles. The third-order valence-electron chi connectivity index (χ3n) is 5.72. The molecule has 2 fully saturated rings. The number of carbonyl (C=O) groups is 1. The monoisotopic (exact) mass is 423 g/mol. The minimum Gasteiger partial charge on any atom is -0.494 e. The molecule has 0 spiro atoms. The highest BCUT2D eigenvalue weighted by atomic mass is 32.2. The Balaban J connectivity index is 1.49. The summed E-state index contributed by atoms with van der Waals surface area (Å²) in [6.45, 7) is 6.87. The van der Waals surface area contributed by atoms with E-state index in [1.54, 1.807) is 9.21 Å². The SMILES string of the molecule is CCOc1ccc(CC(=O)N2CC(N(CCN3CCCCC3)S(C)(=O)=O)C2)cc1. The molecule has 1 aromatic carbocycles. The van der Waals surface area contributed by atoms with Gasteiger partial charge in [-0.1, -0.05) is 18.6 Å². The van der Waals surface area contributed by atoms with Crippen LogP contribution < -0.4 is 4.74 Å². The molecule has 0 saturated carbocycles. The number of carbonyl (C=O) groups excluding carboxylic acids is 1. The molecule has 7 nitrogen and oxygen atoms in total. The Labute approximate surface area is 174 Å². The maximum atomic E-state index is 12.5. The van der Waals surface area contributed by atoms with Crippen molar-refractivity contribution >= 4 is 15.9 Å². The number of hydrogen-bond acceptors (Lipinski definition) is 5. The highest BCUT2D eigenvalue weighted by molar-refractivity contribution is 7.88. The van der Waals surface area contributed by atoms with Gasteiger partial charge in [-0.05, 0) is 50.6 Å². The molecule has 2 aliphatic heterocycles. The van der Waals surface area contributed by atoms with Gasteiger partial charge >= 0.3 is 0 Å². The van der Waals surface area contributed by atoms with E-state index in [1.165, 1.54) is 25.5 Å². The van der Waals surface area contributed by atoms with Crippen LogP contribution in [0.3, 0.4) is 0 Å². The molecule has 0 atom stereocenters. The lowest BCUT2D eigenvalue weighted by Gasteiger charge is -2.44. The predicted molar refractivity (Wildman–Crippen MR) is 114 cm³/mol. The molecule has 0 aromatic heterocycles. The van der Waals surface area contributed by atoms with E-state index in [-0.39, 0.29) is 11.9 Å². The number of rotatable bonds is 9. The van der Waals surface area contributed by atoms with E-state index >= 15 is 0 Å². The van der Waals surface area contributed by atoms with Gasteiger partial charge in [0.05, 0.1) is 25.3 Å². The number of piperidine rings is 1. The number of likely N-dealkylation sites (tertiary alicyclic amines) is 2. The molecule has 29 heavy (non-hydrogen) atoms. The Bertz CT molecular complexity index is 770. The van der Waals surface area contributed by atoms with Crippen molar-refractivity contribution in [1.29, 1.82) is 0 Å². The molecule has 1 amide bonds. The second-order valence-electron chi connectivity index (χ2n) is 7.98. The van der Waals surface area contributed by atoms with Crippen LogP contribution >= 0.6 is 0 Å². The van der Waals surface area contributed by atoms with Crippen molar-refractivity contribution in [1.82, 2.24) is 14.1 Å². The summed E-state index contributed by atoms with van der Waals surface area (Å²) < 4.78 is 31.6. The first kappa shape index (κ1) is 22.1. The lowest BCUT2D eigenvalue weighted by Crippen LogP contribution is -2.63. The zero-order chi connectivity index (χ0) is 20.9. The second kappa shape index (κ2) is 9.91. The lowest BCUT2D eigenvalue weighted by atomic mass is 10.1. The van der Waals surface area contributed by atoms with Crippen LogP contribution in [0.25, 0.3) is 0 Å². The molecule has 2 aliphatic rings. The van der Waals surface area contributed by atoms with Crippen LogP contribution in [0.4, 0.5) is 0 Å². The number of amides is 1. The van der Waals surface area contributed by atoms with Crippen LogP contribution in [-0.4, -0.2) is 86.6 Å². The highest BCUT2D eigenvalue weighted by Crippen LogP contribution is 2.20. The topological polar surface area (TPSA) is 70.2 Å². The Morgan fingerprint density at radius 2 is 1.79 bits per heavy atom. The average Bonchev–Trinajstić information content (AvgIpc) is 2.65.